The van der Waals surface area contributed by atoms with Crippen LogP contribution in [0.4, 0.5) is 4.79 Å². The molecule has 1 aliphatic rings. The first-order valence-electron chi connectivity index (χ1n) is 7.39. The van der Waals surface area contributed by atoms with Crippen molar-refractivity contribution in [3.63, 3.8) is 0 Å². The second-order valence-corrected chi connectivity index (χ2v) is 5.68. The molecule has 1 aromatic rings. The number of terminal acetylenes is 1. The quantitative estimate of drug-likeness (QED) is 0.523. The molecule has 1 N–H and O–H groups in total. The van der Waals surface area contributed by atoms with Gasteiger partial charge < -0.3 is 5.11 Å². The molecule has 1 aromatic carbocycles. The topological polar surface area (TPSA) is 77.9 Å². The molecule has 3 amide bonds. The fourth-order valence-electron chi connectivity index (χ4n) is 2.85. The maximum absolute atomic E-state index is 13.0. The predicted octanol–water partition coefficient (Wildman–Crippen LogP) is 2.19. The van der Waals surface area contributed by atoms with Gasteiger partial charge in [0.1, 0.15) is 6.67 Å². The van der Waals surface area contributed by atoms with Crippen molar-refractivity contribution in [2.45, 2.75) is 12.8 Å². The molecule has 1 saturated heterocycles. The molecule has 6 nitrogen and oxygen atoms in total. The first-order valence-corrected chi connectivity index (χ1v) is 7.39. The number of benzene rings is 1. The van der Waals surface area contributed by atoms with Crippen LogP contribution in [0.25, 0.3) is 0 Å². The van der Waals surface area contributed by atoms with E-state index >= 15 is 0 Å². The van der Waals surface area contributed by atoms with Crippen molar-refractivity contribution < 1.29 is 19.5 Å². The number of amides is 3. The van der Waals surface area contributed by atoms with Crippen LogP contribution in [0, 0.1) is 17.8 Å². The maximum Gasteiger partial charge on any atom is 0.408 e. The summed E-state index contributed by atoms with van der Waals surface area (Å²) in [7, 11) is 0. The molecule has 124 valence electrons. The van der Waals surface area contributed by atoms with E-state index in [4.69, 9.17) is 6.42 Å². The summed E-state index contributed by atoms with van der Waals surface area (Å²) in [6, 6.07) is 8.25. The van der Waals surface area contributed by atoms with E-state index < -0.39 is 23.3 Å². The fourth-order valence-corrected chi connectivity index (χ4v) is 2.85. The number of imide groups is 1. The molecule has 0 aliphatic carbocycles. The summed E-state index contributed by atoms with van der Waals surface area (Å²) in [4.78, 5) is 39.1. The summed E-state index contributed by atoms with van der Waals surface area (Å²) in [5.74, 6) is 1.42. The molecular weight excluding hydrogens is 308 g/mol. The van der Waals surface area contributed by atoms with E-state index in [0.29, 0.717) is 5.56 Å². The Morgan fingerprint density at radius 3 is 2.58 bits per heavy atom. The molecule has 1 atom stereocenters. The molecule has 0 unspecified atom stereocenters. The molecule has 0 bridgehead atoms. The highest BCUT2D eigenvalue weighted by molar-refractivity contribution is 6.07. The van der Waals surface area contributed by atoms with Crippen LogP contribution in [-0.2, 0) is 4.79 Å². The summed E-state index contributed by atoms with van der Waals surface area (Å²) in [6.07, 6.45) is 5.92. The van der Waals surface area contributed by atoms with Crippen LogP contribution in [0.5, 0.6) is 0 Å². The van der Waals surface area contributed by atoms with Gasteiger partial charge in [0, 0.05) is 18.5 Å². The summed E-state index contributed by atoms with van der Waals surface area (Å²) in [5, 5.41) is 9.36. The zero-order valence-electron chi connectivity index (χ0n) is 13.1. The van der Waals surface area contributed by atoms with Gasteiger partial charge >= 0.3 is 6.09 Å². The number of hydrogen-bond acceptors (Lipinski definition) is 3. The number of carbonyl (C=O) groups is 3. The van der Waals surface area contributed by atoms with Crippen LogP contribution in [0.15, 0.2) is 43.0 Å². The van der Waals surface area contributed by atoms with Crippen molar-refractivity contribution in [1.82, 2.24) is 9.80 Å². The van der Waals surface area contributed by atoms with Crippen LogP contribution in [0.2, 0.25) is 0 Å². The number of hydrogen-bond donors (Lipinski definition) is 1. The molecule has 1 fully saturated rings. The Labute approximate surface area is 140 Å². The first kappa shape index (κ1) is 17.3. The summed E-state index contributed by atoms with van der Waals surface area (Å²) < 4.78 is 0. The van der Waals surface area contributed by atoms with Crippen molar-refractivity contribution in [3.8, 4) is 12.3 Å². The van der Waals surface area contributed by atoms with E-state index in [1.807, 2.05) is 0 Å². The van der Waals surface area contributed by atoms with Crippen LogP contribution in [0.1, 0.15) is 23.2 Å². The number of nitrogens with zero attached hydrogens (tertiary/aromatic N) is 2. The molecule has 1 heterocycles. The fraction of sp³-hybridized carbons (Fsp3) is 0.278. The van der Waals surface area contributed by atoms with Crippen LogP contribution >= 0.6 is 0 Å². The third kappa shape index (κ3) is 3.15. The molecule has 1 aliphatic heterocycles. The zero-order valence-corrected chi connectivity index (χ0v) is 13.1. The van der Waals surface area contributed by atoms with E-state index in [1.54, 1.807) is 30.3 Å². The van der Waals surface area contributed by atoms with Gasteiger partial charge in [-0.25, -0.2) is 4.79 Å². The molecule has 0 spiro atoms. The third-order valence-corrected chi connectivity index (χ3v) is 4.02. The van der Waals surface area contributed by atoms with E-state index in [1.165, 1.54) is 6.08 Å². The maximum atomic E-state index is 13.0. The lowest BCUT2D eigenvalue weighted by atomic mass is 9.78. The molecule has 0 radical (unpaired) electrons. The van der Waals surface area contributed by atoms with Crippen LogP contribution in [-0.4, -0.2) is 46.0 Å². The molecular formula is C18H18N2O4. The second kappa shape index (κ2) is 7.01. The Bertz CT molecular complexity index is 707. The van der Waals surface area contributed by atoms with Gasteiger partial charge in [0.25, 0.3) is 5.91 Å². The molecule has 0 aromatic heterocycles. The molecule has 6 heteroatoms. The third-order valence-electron chi connectivity index (χ3n) is 4.02. The number of allylic oxidation sites excluding steroid dienone is 1. The van der Waals surface area contributed by atoms with Gasteiger partial charge in [0.05, 0.1) is 5.41 Å². The van der Waals surface area contributed by atoms with E-state index in [0.717, 1.165) is 9.80 Å². The Morgan fingerprint density at radius 1 is 1.38 bits per heavy atom. The average molecular weight is 326 g/mol. The number of carboxylic acid groups (broad SMARTS) is 1. The van der Waals surface area contributed by atoms with E-state index in [9.17, 15) is 19.5 Å². The molecule has 24 heavy (non-hydrogen) atoms. The normalized spacial score (nSPS) is 20.4. The molecule has 2 rings (SSSR count). The Balaban J connectivity index is 2.44. The lowest BCUT2D eigenvalue weighted by molar-refractivity contribution is -0.147. The standard InChI is InChI=1S/C18H18N2O4/c1-3-10-18(11-4-2)12-19(17(23)24)13-20(16(18)22)15(21)14-8-6-5-7-9-14/h1,4-9H,2,10-13H2,(H,23,24)/t18-/m1/s1. The highest BCUT2D eigenvalue weighted by Crippen LogP contribution is 2.35. The summed E-state index contributed by atoms with van der Waals surface area (Å²) in [6.45, 7) is 3.25. The van der Waals surface area contributed by atoms with Crippen molar-refractivity contribution in [2.24, 2.45) is 5.41 Å². The minimum atomic E-state index is -1.21. The van der Waals surface area contributed by atoms with Crippen LogP contribution < -0.4 is 0 Å². The monoisotopic (exact) mass is 326 g/mol. The first-order chi connectivity index (χ1) is 11.4. The summed E-state index contributed by atoms with van der Waals surface area (Å²) >= 11 is 0. The van der Waals surface area contributed by atoms with Crippen LogP contribution in [0.3, 0.4) is 0 Å². The van der Waals surface area contributed by atoms with Crippen molar-refractivity contribution in [1.29, 1.82) is 0 Å². The number of carbonyl (C=O) groups excluding carboxylic acids is 2. The minimum absolute atomic E-state index is 0.0280. The Kier molecular flexibility index (Phi) is 5.05. The Hall–Kier alpha value is -3.07. The lowest BCUT2D eigenvalue weighted by Crippen LogP contribution is -2.61. The second-order valence-electron chi connectivity index (χ2n) is 5.68. The van der Waals surface area contributed by atoms with Gasteiger partial charge in [0.2, 0.25) is 5.91 Å². The van der Waals surface area contributed by atoms with Crippen molar-refractivity contribution >= 4 is 17.9 Å². The summed E-state index contributed by atoms with van der Waals surface area (Å²) in [5.41, 5.74) is -0.858. The van der Waals surface area contributed by atoms with Gasteiger partial charge in [-0.2, -0.15) is 0 Å². The highest BCUT2D eigenvalue weighted by Gasteiger charge is 2.48. The van der Waals surface area contributed by atoms with Gasteiger partial charge in [-0.15, -0.1) is 18.9 Å². The zero-order chi connectivity index (χ0) is 17.7. The van der Waals surface area contributed by atoms with E-state index in [2.05, 4.69) is 12.5 Å². The lowest BCUT2D eigenvalue weighted by Gasteiger charge is -2.44. The van der Waals surface area contributed by atoms with Gasteiger partial charge in [0.15, 0.2) is 0 Å². The largest absolute Gasteiger partial charge is 0.465 e. The van der Waals surface area contributed by atoms with Crippen molar-refractivity contribution in [2.75, 3.05) is 13.2 Å². The van der Waals surface area contributed by atoms with Crippen molar-refractivity contribution in [3.05, 3.63) is 48.6 Å². The molecule has 0 saturated carbocycles. The Morgan fingerprint density at radius 2 is 2.04 bits per heavy atom. The number of rotatable bonds is 4. The highest BCUT2D eigenvalue weighted by atomic mass is 16.4. The predicted molar refractivity (Wildman–Crippen MR) is 87.9 cm³/mol. The SMILES string of the molecule is C#CC[C@@]1(CC=C)CN(C(=O)O)CN(C(=O)c2ccccc2)C1=O. The van der Waals surface area contributed by atoms with Gasteiger partial charge in [-0.1, -0.05) is 24.3 Å². The minimum Gasteiger partial charge on any atom is -0.465 e. The average Bonchev–Trinajstić information content (AvgIpc) is 2.57. The smallest absolute Gasteiger partial charge is 0.408 e. The van der Waals surface area contributed by atoms with Gasteiger partial charge in [-0.05, 0) is 18.6 Å². The van der Waals surface area contributed by atoms with Gasteiger partial charge in [-0.3, -0.25) is 19.4 Å². The van der Waals surface area contributed by atoms with E-state index in [-0.39, 0.29) is 26.1 Å².